The summed E-state index contributed by atoms with van der Waals surface area (Å²) in [7, 11) is 0. The molecule has 1 fully saturated rings. The van der Waals surface area contributed by atoms with Crippen molar-refractivity contribution in [3.05, 3.63) is 0 Å². The fraction of sp³-hybridized carbons (Fsp3) is 0.667. The van der Waals surface area contributed by atoms with Gasteiger partial charge in [0.2, 0.25) is 0 Å². The van der Waals surface area contributed by atoms with Gasteiger partial charge in [-0.2, -0.15) is 0 Å². The van der Waals surface area contributed by atoms with E-state index in [1.807, 2.05) is 5.92 Å². The van der Waals surface area contributed by atoms with Crippen molar-refractivity contribution in [2.75, 3.05) is 19.1 Å². The van der Waals surface area contributed by atoms with Crippen LogP contribution in [0.5, 0.6) is 0 Å². The van der Waals surface area contributed by atoms with Crippen LogP contribution in [-0.2, 0) is 16.1 Å². The predicted octanol–water partition coefficient (Wildman–Crippen LogP) is -6.76. The molecule has 5 nitrogen and oxygen atoms in total. The maximum absolute atomic E-state index is 8.44. The van der Waals surface area contributed by atoms with E-state index in [2.05, 4.69) is 6.42 Å². The third kappa shape index (κ3) is 49.4. The molecule has 1 atom stereocenters. The van der Waals surface area contributed by atoms with Crippen LogP contribution in [0.25, 0.3) is 0 Å². The van der Waals surface area contributed by atoms with Gasteiger partial charge in [0.15, 0.2) is 0 Å². The fourth-order valence-electron chi connectivity index (χ4n) is 0.157. The molecule has 1 heterocycles. The Kier molecular flexibility index (Phi) is 36.2. The van der Waals surface area contributed by atoms with E-state index in [9.17, 15) is 0 Å². The second-order valence-electron chi connectivity index (χ2n) is 1.68. The Morgan fingerprint density at radius 1 is 1.60 bits per heavy atom. The molecule has 1 unspecified atom stereocenters. The number of terminal acetylenes is 1. The summed E-state index contributed by atoms with van der Waals surface area (Å²) in [6.07, 6.45) is 4.93. The molecule has 0 aromatic rings. The first-order chi connectivity index (χ1) is 6.08. The molecular weight excluding hydrogens is 266 g/mol. The summed E-state index contributed by atoms with van der Waals surface area (Å²) in [5, 5.41) is 7.64. The van der Waals surface area contributed by atoms with Crippen molar-refractivity contribution >= 4 is 23.0 Å². The van der Waals surface area contributed by atoms with Gasteiger partial charge in [-0.05, 0) is 0 Å². The number of aliphatic hydroxyl groups is 1. The number of rotatable bonds is 1. The molecule has 0 spiro atoms. The van der Waals surface area contributed by atoms with E-state index < -0.39 is 11.4 Å². The zero-order valence-corrected chi connectivity index (χ0v) is 14.2. The van der Waals surface area contributed by atoms with Gasteiger partial charge in [0.05, 0.1) is 18.6 Å². The molecule has 15 heavy (non-hydrogen) atoms. The molecule has 0 aromatic heterocycles. The Hall–Kier alpha value is 1.84. The molecule has 1 aliphatic heterocycles. The van der Waals surface area contributed by atoms with Crippen LogP contribution in [0.3, 0.4) is 0 Å². The second-order valence-corrected chi connectivity index (χ2v) is 2.39. The summed E-state index contributed by atoms with van der Waals surface area (Å²) in [6.45, 7) is 0.726. The van der Waals surface area contributed by atoms with Crippen molar-refractivity contribution in [3.8, 4) is 12.3 Å². The van der Waals surface area contributed by atoms with E-state index in [0.717, 1.165) is 6.61 Å². The molecule has 78 valence electrons. The zero-order chi connectivity index (χ0) is 10.7. The Morgan fingerprint density at radius 3 is 1.87 bits per heavy atom. The molecule has 0 saturated carbocycles. The van der Waals surface area contributed by atoms with Gasteiger partial charge >= 0.3 is 59.1 Å². The minimum Gasteiger partial charge on any atom is -0.784 e. The number of ether oxygens (including phenoxy) is 1. The van der Waals surface area contributed by atoms with Crippen LogP contribution in [0.1, 0.15) is 0 Å². The summed E-state index contributed by atoms with van der Waals surface area (Å²) >= 11 is 2.16. The Morgan fingerprint density at radius 2 is 1.87 bits per heavy atom. The van der Waals surface area contributed by atoms with E-state index in [4.69, 9.17) is 34.8 Å². The molecular formula is C6H9ClNa2O5S. The molecule has 1 rings (SSSR count). The van der Waals surface area contributed by atoms with Crippen molar-refractivity contribution in [2.45, 2.75) is 6.10 Å². The minimum atomic E-state index is -3.11. The standard InChI is InChI=1S/C3H5ClO.C3H4O.2Na.H2O3S/c4-1-3-2-5-3;1-2-3-4;;;1-4(2)3/h3H,1-2H2;1,4H,3H2;;;(H2,1,2,3)/q;;2*+1;/p-2. The smallest absolute Gasteiger partial charge is 0.784 e. The molecule has 0 aromatic carbocycles. The van der Waals surface area contributed by atoms with Crippen molar-refractivity contribution in [2.24, 2.45) is 0 Å². The maximum atomic E-state index is 8.44. The molecule has 1 aliphatic rings. The Balaban J connectivity index is -0.0000000575. The van der Waals surface area contributed by atoms with Crippen LogP contribution in [-0.4, -0.2) is 43.6 Å². The van der Waals surface area contributed by atoms with E-state index in [1.54, 1.807) is 0 Å². The summed E-state index contributed by atoms with van der Waals surface area (Å²) in [4.78, 5) is 0. The normalized spacial score (nSPS) is 15.1. The fourth-order valence-corrected chi connectivity index (χ4v) is 0.335. The molecule has 9 heteroatoms. The van der Waals surface area contributed by atoms with Crippen LogP contribution < -0.4 is 59.1 Å². The third-order valence-electron chi connectivity index (χ3n) is 0.666. The first-order valence-electron chi connectivity index (χ1n) is 3.07. The summed E-state index contributed by atoms with van der Waals surface area (Å²) in [6, 6.07) is 0. The first kappa shape index (κ1) is 25.6. The summed E-state index contributed by atoms with van der Waals surface area (Å²) < 4.78 is 30.1. The largest absolute Gasteiger partial charge is 1.00 e. The van der Waals surface area contributed by atoms with Gasteiger partial charge in [-0.15, -0.1) is 29.4 Å². The van der Waals surface area contributed by atoms with Crippen LogP contribution in [0, 0.1) is 12.3 Å². The SMILES string of the molecule is C#CCO.ClCC1CO1.O=S([O-])[O-].[Na+].[Na+]. The number of hydrogen-bond donors (Lipinski definition) is 1. The van der Waals surface area contributed by atoms with Gasteiger partial charge in [-0.25, -0.2) is 0 Å². The number of halogens is 1. The van der Waals surface area contributed by atoms with E-state index in [1.165, 1.54) is 0 Å². The Labute approximate surface area is 141 Å². The van der Waals surface area contributed by atoms with E-state index >= 15 is 0 Å². The predicted molar refractivity (Wildman–Crippen MR) is 46.1 cm³/mol. The van der Waals surface area contributed by atoms with Crippen LogP contribution in [0.15, 0.2) is 0 Å². The number of aliphatic hydroxyl groups excluding tert-OH is 1. The van der Waals surface area contributed by atoms with Crippen LogP contribution in [0.4, 0.5) is 0 Å². The maximum Gasteiger partial charge on any atom is 1.00 e. The summed E-state index contributed by atoms with van der Waals surface area (Å²) in [5.41, 5.74) is 0. The number of alkyl halides is 1. The average Bonchev–Trinajstić information content (AvgIpc) is 2.86. The van der Waals surface area contributed by atoms with Crippen molar-refractivity contribution in [1.29, 1.82) is 0 Å². The molecule has 0 amide bonds. The van der Waals surface area contributed by atoms with Gasteiger partial charge in [-0.1, -0.05) is 5.92 Å². The van der Waals surface area contributed by atoms with Crippen molar-refractivity contribution in [3.63, 3.8) is 0 Å². The third-order valence-corrected chi connectivity index (χ3v) is 1.01. The number of epoxide rings is 1. The van der Waals surface area contributed by atoms with Gasteiger partial charge < -0.3 is 18.9 Å². The van der Waals surface area contributed by atoms with Gasteiger partial charge in [0, 0.05) is 0 Å². The Bertz CT molecular complexity index is 169. The van der Waals surface area contributed by atoms with E-state index in [-0.39, 0.29) is 65.7 Å². The minimum absolute atomic E-state index is 0. The van der Waals surface area contributed by atoms with Crippen LogP contribution in [0.2, 0.25) is 0 Å². The number of hydrogen-bond acceptors (Lipinski definition) is 5. The molecule has 1 N–H and O–H groups in total. The topological polar surface area (TPSA) is 96.0 Å². The zero-order valence-electron chi connectivity index (χ0n) is 8.64. The monoisotopic (exact) mass is 274 g/mol. The van der Waals surface area contributed by atoms with Gasteiger partial charge in [-0.3, -0.25) is 4.21 Å². The molecule has 1 saturated heterocycles. The van der Waals surface area contributed by atoms with Gasteiger partial charge in [0.1, 0.15) is 6.61 Å². The van der Waals surface area contributed by atoms with Crippen molar-refractivity contribution in [1.82, 2.24) is 0 Å². The van der Waals surface area contributed by atoms with E-state index in [0.29, 0.717) is 12.0 Å². The quantitative estimate of drug-likeness (QED) is 0.169. The molecule has 0 radical (unpaired) electrons. The van der Waals surface area contributed by atoms with Crippen molar-refractivity contribution < 1.29 is 82.3 Å². The summed E-state index contributed by atoms with van der Waals surface area (Å²) in [5.74, 6) is 2.65. The second kappa shape index (κ2) is 21.2. The van der Waals surface area contributed by atoms with Crippen LogP contribution >= 0.6 is 11.6 Å². The average molecular weight is 275 g/mol. The molecule has 0 aliphatic carbocycles. The van der Waals surface area contributed by atoms with Gasteiger partial charge in [0.25, 0.3) is 0 Å². The first-order valence-corrected chi connectivity index (χ1v) is 4.60. The molecule has 0 bridgehead atoms.